The van der Waals surface area contributed by atoms with Crippen LogP contribution in [0.3, 0.4) is 0 Å². The number of rotatable bonds is 4. The molecule has 0 spiro atoms. The molecule has 2 aromatic carbocycles. The van der Waals surface area contributed by atoms with Crippen LogP contribution in [0.5, 0.6) is 5.75 Å². The van der Waals surface area contributed by atoms with Crippen molar-refractivity contribution >= 4 is 23.5 Å². The van der Waals surface area contributed by atoms with E-state index in [1.54, 1.807) is 6.21 Å². The molecule has 5 heteroatoms. The van der Waals surface area contributed by atoms with E-state index in [1.807, 2.05) is 55.5 Å². The smallest absolute Gasteiger partial charge is 0.276 e. The number of fused-ring (bicyclic) bond motifs is 1. The first kappa shape index (κ1) is 14.0. The van der Waals surface area contributed by atoms with Crippen LogP contribution in [0.1, 0.15) is 18.1 Å². The molecule has 110 valence electrons. The number of ether oxygens (including phenoxy) is 1. The molecule has 0 saturated carbocycles. The SMILES string of the molecule is CCOc1ccc(/C=N/N=C2C(=O)Nc3ccccc32)cc1. The maximum absolute atomic E-state index is 11.9. The topological polar surface area (TPSA) is 63.1 Å². The average Bonchev–Trinajstić information content (AvgIpc) is 2.85. The van der Waals surface area contributed by atoms with Crippen LogP contribution in [0.4, 0.5) is 5.69 Å². The van der Waals surface area contributed by atoms with Crippen molar-refractivity contribution in [1.82, 2.24) is 0 Å². The maximum atomic E-state index is 11.9. The summed E-state index contributed by atoms with van der Waals surface area (Å²) in [6.45, 7) is 2.57. The van der Waals surface area contributed by atoms with Gasteiger partial charge in [-0.2, -0.15) is 5.10 Å². The van der Waals surface area contributed by atoms with Gasteiger partial charge in [0.1, 0.15) is 5.75 Å². The Morgan fingerprint density at radius 3 is 2.68 bits per heavy atom. The molecule has 2 aromatic rings. The molecule has 5 nitrogen and oxygen atoms in total. The van der Waals surface area contributed by atoms with Crippen LogP contribution >= 0.6 is 0 Å². The Balaban J connectivity index is 1.77. The highest BCUT2D eigenvalue weighted by molar-refractivity contribution is 6.53. The van der Waals surface area contributed by atoms with Gasteiger partial charge in [0.15, 0.2) is 5.71 Å². The zero-order chi connectivity index (χ0) is 15.4. The van der Waals surface area contributed by atoms with Crippen LogP contribution in [0, 0.1) is 0 Å². The Bertz CT molecular complexity index is 749. The van der Waals surface area contributed by atoms with Crippen molar-refractivity contribution in [3.8, 4) is 5.75 Å². The van der Waals surface area contributed by atoms with Crippen LogP contribution in [-0.2, 0) is 4.79 Å². The van der Waals surface area contributed by atoms with Crippen molar-refractivity contribution in [2.75, 3.05) is 11.9 Å². The van der Waals surface area contributed by atoms with Gasteiger partial charge in [0.2, 0.25) is 0 Å². The van der Waals surface area contributed by atoms with Gasteiger partial charge in [0.25, 0.3) is 5.91 Å². The van der Waals surface area contributed by atoms with Gasteiger partial charge in [0, 0.05) is 5.56 Å². The predicted molar refractivity (Wildman–Crippen MR) is 86.8 cm³/mol. The minimum Gasteiger partial charge on any atom is -0.494 e. The Morgan fingerprint density at radius 2 is 1.91 bits per heavy atom. The third kappa shape index (κ3) is 2.88. The third-order valence-electron chi connectivity index (χ3n) is 3.20. The summed E-state index contributed by atoms with van der Waals surface area (Å²) in [6, 6.07) is 14.9. The highest BCUT2D eigenvalue weighted by Crippen LogP contribution is 2.22. The Labute approximate surface area is 128 Å². The molecule has 1 heterocycles. The number of benzene rings is 2. The Morgan fingerprint density at radius 1 is 1.14 bits per heavy atom. The quantitative estimate of drug-likeness (QED) is 0.696. The second-order valence-corrected chi connectivity index (χ2v) is 4.69. The highest BCUT2D eigenvalue weighted by atomic mass is 16.5. The van der Waals surface area contributed by atoms with E-state index >= 15 is 0 Å². The standard InChI is InChI=1S/C17H15N3O2/c1-2-22-13-9-7-12(8-10-13)11-18-20-16-14-5-3-4-6-15(14)19-17(16)21/h3-11H,2H2,1H3,(H,19,20,21)/b18-11+. The lowest BCUT2D eigenvalue weighted by Gasteiger charge is -2.01. The molecule has 0 atom stereocenters. The van der Waals surface area contributed by atoms with Crippen molar-refractivity contribution in [2.24, 2.45) is 10.2 Å². The molecular weight excluding hydrogens is 278 g/mol. The first-order valence-corrected chi connectivity index (χ1v) is 7.02. The first-order valence-electron chi connectivity index (χ1n) is 7.02. The molecule has 1 aliphatic rings. The number of hydrogen-bond acceptors (Lipinski definition) is 4. The molecule has 3 rings (SSSR count). The zero-order valence-electron chi connectivity index (χ0n) is 12.1. The van der Waals surface area contributed by atoms with Crippen molar-refractivity contribution < 1.29 is 9.53 Å². The first-order chi connectivity index (χ1) is 10.8. The maximum Gasteiger partial charge on any atom is 0.276 e. The minimum atomic E-state index is -0.231. The van der Waals surface area contributed by atoms with Crippen molar-refractivity contribution in [2.45, 2.75) is 6.92 Å². The van der Waals surface area contributed by atoms with E-state index in [0.717, 1.165) is 22.6 Å². The number of carbonyl (C=O) groups excluding carboxylic acids is 1. The second kappa shape index (κ2) is 6.22. The van der Waals surface area contributed by atoms with Crippen LogP contribution in [0.25, 0.3) is 0 Å². The lowest BCUT2D eigenvalue weighted by atomic mass is 10.1. The number of anilines is 1. The molecular formula is C17H15N3O2. The number of nitrogens with zero attached hydrogens (tertiary/aromatic N) is 2. The van der Waals surface area contributed by atoms with Crippen LogP contribution in [0.15, 0.2) is 58.7 Å². The van der Waals surface area contributed by atoms with Gasteiger partial charge in [-0.3, -0.25) is 4.79 Å². The second-order valence-electron chi connectivity index (χ2n) is 4.69. The lowest BCUT2D eigenvalue weighted by molar-refractivity contribution is -0.110. The van der Waals surface area contributed by atoms with E-state index < -0.39 is 0 Å². The summed E-state index contributed by atoms with van der Waals surface area (Å²) < 4.78 is 5.37. The van der Waals surface area contributed by atoms with E-state index in [9.17, 15) is 4.79 Å². The fourth-order valence-corrected chi connectivity index (χ4v) is 2.17. The summed E-state index contributed by atoms with van der Waals surface area (Å²) in [5, 5.41) is 10.8. The summed E-state index contributed by atoms with van der Waals surface area (Å²) in [4.78, 5) is 11.9. The molecule has 0 saturated heterocycles. The Kier molecular flexibility index (Phi) is 3.96. The Hall–Kier alpha value is -2.95. The molecule has 0 unspecified atom stereocenters. The minimum absolute atomic E-state index is 0.231. The summed E-state index contributed by atoms with van der Waals surface area (Å²) >= 11 is 0. The van der Waals surface area contributed by atoms with Gasteiger partial charge < -0.3 is 10.1 Å². The van der Waals surface area contributed by atoms with E-state index in [4.69, 9.17) is 4.74 Å². The van der Waals surface area contributed by atoms with Crippen molar-refractivity contribution in [3.63, 3.8) is 0 Å². The van der Waals surface area contributed by atoms with E-state index in [1.165, 1.54) is 0 Å². The molecule has 1 N–H and O–H groups in total. The summed E-state index contributed by atoms with van der Waals surface area (Å²) in [5.74, 6) is 0.583. The number of amides is 1. The van der Waals surface area contributed by atoms with Gasteiger partial charge in [-0.05, 0) is 42.8 Å². The van der Waals surface area contributed by atoms with Gasteiger partial charge in [-0.15, -0.1) is 5.10 Å². The largest absolute Gasteiger partial charge is 0.494 e. The van der Waals surface area contributed by atoms with Gasteiger partial charge >= 0.3 is 0 Å². The van der Waals surface area contributed by atoms with Gasteiger partial charge in [0.05, 0.1) is 18.5 Å². The molecule has 0 fully saturated rings. The van der Waals surface area contributed by atoms with E-state index in [-0.39, 0.29) is 5.91 Å². The van der Waals surface area contributed by atoms with Crippen LogP contribution < -0.4 is 10.1 Å². The van der Waals surface area contributed by atoms with Gasteiger partial charge in [-0.25, -0.2) is 0 Å². The molecule has 0 radical (unpaired) electrons. The summed E-state index contributed by atoms with van der Waals surface area (Å²) in [5.41, 5.74) is 2.76. The van der Waals surface area contributed by atoms with E-state index in [2.05, 4.69) is 15.5 Å². The summed E-state index contributed by atoms with van der Waals surface area (Å²) in [7, 11) is 0. The molecule has 0 bridgehead atoms. The monoisotopic (exact) mass is 293 g/mol. The van der Waals surface area contributed by atoms with Crippen LogP contribution in [0.2, 0.25) is 0 Å². The molecule has 0 aromatic heterocycles. The molecule has 1 aliphatic heterocycles. The molecule has 22 heavy (non-hydrogen) atoms. The highest BCUT2D eigenvalue weighted by Gasteiger charge is 2.25. The van der Waals surface area contributed by atoms with Crippen LogP contribution in [-0.4, -0.2) is 24.4 Å². The number of para-hydroxylation sites is 1. The van der Waals surface area contributed by atoms with E-state index in [0.29, 0.717) is 12.3 Å². The normalized spacial score (nSPS) is 15.1. The fraction of sp³-hybridized carbons (Fsp3) is 0.118. The molecule has 1 amide bonds. The lowest BCUT2D eigenvalue weighted by Crippen LogP contribution is -2.13. The summed E-state index contributed by atoms with van der Waals surface area (Å²) in [6.07, 6.45) is 1.61. The average molecular weight is 293 g/mol. The number of carbonyl (C=O) groups is 1. The third-order valence-corrected chi connectivity index (χ3v) is 3.20. The molecule has 0 aliphatic carbocycles. The van der Waals surface area contributed by atoms with Crippen molar-refractivity contribution in [3.05, 3.63) is 59.7 Å². The van der Waals surface area contributed by atoms with Crippen molar-refractivity contribution in [1.29, 1.82) is 0 Å². The number of hydrogen-bond donors (Lipinski definition) is 1. The van der Waals surface area contributed by atoms with Gasteiger partial charge in [-0.1, -0.05) is 18.2 Å². The number of nitrogens with one attached hydrogen (secondary N) is 1. The zero-order valence-corrected chi connectivity index (χ0v) is 12.1. The fourth-order valence-electron chi connectivity index (χ4n) is 2.17. The predicted octanol–water partition coefficient (Wildman–Crippen LogP) is 2.86.